The lowest BCUT2D eigenvalue weighted by Crippen LogP contribution is -2.25. The normalized spacial score (nSPS) is 10.8. The molecule has 3 heteroatoms. The van der Waals surface area contributed by atoms with Crippen molar-refractivity contribution in [1.82, 2.24) is 4.90 Å². The molecule has 0 N–H and O–H groups in total. The van der Waals surface area contributed by atoms with Crippen molar-refractivity contribution in [2.45, 2.75) is 20.3 Å². The molecule has 1 aromatic rings. The summed E-state index contributed by atoms with van der Waals surface area (Å²) >= 11 is 5.98. The van der Waals surface area contributed by atoms with E-state index >= 15 is 0 Å². The minimum atomic E-state index is 0.685. The molecule has 2 nitrogen and oxygen atoms in total. The maximum atomic E-state index is 5.98. The second-order valence-electron chi connectivity index (χ2n) is 3.66. The van der Waals surface area contributed by atoms with Crippen LogP contribution < -0.4 is 4.74 Å². The first-order valence-electron chi connectivity index (χ1n) is 5.87. The van der Waals surface area contributed by atoms with Crippen molar-refractivity contribution in [1.29, 1.82) is 0 Å². The van der Waals surface area contributed by atoms with Crippen LogP contribution in [0.4, 0.5) is 0 Å². The van der Waals surface area contributed by atoms with Crippen molar-refractivity contribution in [2.24, 2.45) is 0 Å². The highest BCUT2D eigenvalue weighted by Gasteiger charge is 2.01. The Balaban J connectivity index is 2.23. The van der Waals surface area contributed by atoms with E-state index in [0.717, 1.165) is 38.4 Å². The van der Waals surface area contributed by atoms with Gasteiger partial charge in [-0.25, -0.2) is 0 Å². The second kappa shape index (κ2) is 7.53. The Bertz CT molecular complexity index is 300. The first-order valence-corrected chi connectivity index (χ1v) is 6.25. The molecule has 0 saturated carbocycles. The fourth-order valence-corrected chi connectivity index (χ4v) is 1.76. The van der Waals surface area contributed by atoms with E-state index in [4.69, 9.17) is 16.3 Å². The van der Waals surface area contributed by atoms with Gasteiger partial charge in [0.2, 0.25) is 0 Å². The van der Waals surface area contributed by atoms with Gasteiger partial charge in [-0.05, 0) is 31.6 Å². The standard InChI is InChI=1S/C13H20ClNO/c1-3-15(4-2)10-7-11-16-13-9-6-5-8-12(13)14/h5-6,8-9H,3-4,7,10-11H2,1-2H3. The first kappa shape index (κ1) is 13.3. The summed E-state index contributed by atoms with van der Waals surface area (Å²) < 4.78 is 5.62. The fourth-order valence-electron chi connectivity index (χ4n) is 1.57. The van der Waals surface area contributed by atoms with E-state index < -0.39 is 0 Å². The number of hydrogen-bond acceptors (Lipinski definition) is 2. The van der Waals surface area contributed by atoms with Gasteiger partial charge in [0.05, 0.1) is 11.6 Å². The van der Waals surface area contributed by atoms with Gasteiger partial charge in [0, 0.05) is 6.54 Å². The number of halogens is 1. The molecule has 0 aliphatic carbocycles. The van der Waals surface area contributed by atoms with E-state index in [0.29, 0.717) is 5.02 Å². The zero-order chi connectivity index (χ0) is 11.8. The molecule has 0 atom stereocenters. The van der Waals surface area contributed by atoms with Gasteiger partial charge in [0.15, 0.2) is 0 Å². The fraction of sp³-hybridized carbons (Fsp3) is 0.538. The topological polar surface area (TPSA) is 12.5 Å². The Hall–Kier alpha value is -0.730. The van der Waals surface area contributed by atoms with Crippen molar-refractivity contribution < 1.29 is 4.74 Å². The average Bonchev–Trinajstić information content (AvgIpc) is 2.31. The molecule has 0 spiro atoms. The van der Waals surface area contributed by atoms with Crippen LogP contribution in [0.1, 0.15) is 20.3 Å². The molecule has 0 saturated heterocycles. The molecule has 0 radical (unpaired) electrons. The Kier molecular flexibility index (Phi) is 6.27. The Morgan fingerprint density at radius 1 is 1.19 bits per heavy atom. The summed E-state index contributed by atoms with van der Waals surface area (Å²) in [5.74, 6) is 0.781. The van der Waals surface area contributed by atoms with Gasteiger partial charge in [-0.2, -0.15) is 0 Å². The SMILES string of the molecule is CCN(CC)CCCOc1ccccc1Cl. The Labute approximate surface area is 103 Å². The largest absolute Gasteiger partial charge is 0.492 e. The number of para-hydroxylation sites is 1. The van der Waals surface area contributed by atoms with E-state index in [1.807, 2.05) is 24.3 Å². The number of rotatable bonds is 7. The molecule has 0 bridgehead atoms. The van der Waals surface area contributed by atoms with Gasteiger partial charge in [-0.3, -0.25) is 0 Å². The number of benzene rings is 1. The first-order chi connectivity index (χ1) is 7.77. The summed E-state index contributed by atoms with van der Waals surface area (Å²) in [7, 11) is 0. The summed E-state index contributed by atoms with van der Waals surface area (Å²) in [6.07, 6.45) is 1.03. The predicted molar refractivity (Wildman–Crippen MR) is 69.4 cm³/mol. The molecule has 0 aliphatic rings. The van der Waals surface area contributed by atoms with Gasteiger partial charge >= 0.3 is 0 Å². The lowest BCUT2D eigenvalue weighted by molar-refractivity contribution is 0.249. The van der Waals surface area contributed by atoms with Crippen LogP contribution in [0, 0.1) is 0 Å². The average molecular weight is 242 g/mol. The third-order valence-electron chi connectivity index (χ3n) is 2.61. The highest BCUT2D eigenvalue weighted by molar-refractivity contribution is 6.32. The molecule has 0 aromatic heterocycles. The monoisotopic (exact) mass is 241 g/mol. The van der Waals surface area contributed by atoms with Crippen molar-refractivity contribution in [3.63, 3.8) is 0 Å². The van der Waals surface area contributed by atoms with Crippen LogP contribution in [0.5, 0.6) is 5.75 Å². The zero-order valence-corrected chi connectivity index (χ0v) is 10.8. The highest BCUT2D eigenvalue weighted by Crippen LogP contribution is 2.22. The van der Waals surface area contributed by atoms with Gasteiger partial charge in [-0.1, -0.05) is 37.6 Å². The molecule has 0 fully saturated rings. The van der Waals surface area contributed by atoms with Gasteiger partial charge in [0.1, 0.15) is 5.75 Å². The lowest BCUT2D eigenvalue weighted by atomic mass is 10.3. The third-order valence-corrected chi connectivity index (χ3v) is 2.92. The van der Waals surface area contributed by atoms with Crippen LogP contribution >= 0.6 is 11.6 Å². The number of nitrogens with zero attached hydrogens (tertiary/aromatic N) is 1. The van der Waals surface area contributed by atoms with Crippen molar-refractivity contribution in [3.05, 3.63) is 29.3 Å². The summed E-state index contributed by atoms with van der Waals surface area (Å²) in [5.41, 5.74) is 0. The smallest absolute Gasteiger partial charge is 0.137 e. The Morgan fingerprint density at radius 3 is 2.50 bits per heavy atom. The minimum absolute atomic E-state index is 0.685. The molecule has 0 unspecified atom stereocenters. The Morgan fingerprint density at radius 2 is 1.88 bits per heavy atom. The molecular weight excluding hydrogens is 222 g/mol. The molecule has 1 aromatic carbocycles. The van der Waals surface area contributed by atoms with Gasteiger partial charge in [0.25, 0.3) is 0 Å². The van der Waals surface area contributed by atoms with E-state index in [1.54, 1.807) is 0 Å². The molecule has 0 heterocycles. The maximum Gasteiger partial charge on any atom is 0.137 e. The summed E-state index contributed by atoms with van der Waals surface area (Å²) in [5, 5.41) is 0.685. The zero-order valence-electron chi connectivity index (χ0n) is 10.1. The molecule has 0 amide bonds. The molecule has 1 rings (SSSR count). The minimum Gasteiger partial charge on any atom is -0.492 e. The van der Waals surface area contributed by atoms with Crippen LogP contribution in [-0.2, 0) is 0 Å². The second-order valence-corrected chi connectivity index (χ2v) is 4.07. The summed E-state index contributed by atoms with van der Waals surface area (Å²) in [6.45, 7) is 8.36. The van der Waals surface area contributed by atoms with Crippen LogP contribution in [0.15, 0.2) is 24.3 Å². The van der Waals surface area contributed by atoms with E-state index in [9.17, 15) is 0 Å². The maximum absolute atomic E-state index is 5.98. The van der Waals surface area contributed by atoms with Gasteiger partial charge < -0.3 is 9.64 Å². The van der Waals surface area contributed by atoms with Crippen molar-refractivity contribution >= 4 is 11.6 Å². The van der Waals surface area contributed by atoms with Crippen LogP contribution in [0.3, 0.4) is 0 Å². The molecule has 90 valence electrons. The van der Waals surface area contributed by atoms with E-state index in [1.165, 1.54) is 0 Å². The van der Waals surface area contributed by atoms with Crippen molar-refractivity contribution in [2.75, 3.05) is 26.2 Å². The van der Waals surface area contributed by atoms with Crippen LogP contribution in [-0.4, -0.2) is 31.1 Å². The molecular formula is C13H20ClNO. The molecule has 0 aliphatic heterocycles. The summed E-state index contributed by atoms with van der Waals surface area (Å²) in [4.78, 5) is 2.38. The van der Waals surface area contributed by atoms with E-state index in [2.05, 4.69) is 18.7 Å². The summed E-state index contributed by atoms with van der Waals surface area (Å²) in [6, 6.07) is 7.59. The predicted octanol–water partition coefficient (Wildman–Crippen LogP) is 3.45. The van der Waals surface area contributed by atoms with Gasteiger partial charge in [-0.15, -0.1) is 0 Å². The quantitative estimate of drug-likeness (QED) is 0.678. The number of hydrogen-bond donors (Lipinski definition) is 0. The lowest BCUT2D eigenvalue weighted by Gasteiger charge is -2.17. The van der Waals surface area contributed by atoms with Crippen molar-refractivity contribution in [3.8, 4) is 5.75 Å². The number of ether oxygens (including phenoxy) is 1. The third kappa shape index (κ3) is 4.42. The molecule has 16 heavy (non-hydrogen) atoms. The van der Waals surface area contributed by atoms with E-state index in [-0.39, 0.29) is 0 Å². The highest BCUT2D eigenvalue weighted by atomic mass is 35.5. The van der Waals surface area contributed by atoms with Crippen LogP contribution in [0.2, 0.25) is 5.02 Å². The van der Waals surface area contributed by atoms with Crippen LogP contribution in [0.25, 0.3) is 0 Å².